The van der Waals surface area contributed by atoms with Gasteiger partial charge in [0.1, 0.15) is 11.5 Å². The van der Waals surface area contributed by atoms with Crippen LogP contribution < -0.4 is 10.1 Å². The fourth-order valence-electron chi connectivity index (χ4n) is 1.76. The van der Waals surface area contributed by atoms with Gasteiger partial charge in [-0.1, -0.05) is 12.1 Å². The predicted octanol–water partition coefficient (Wildman–Crippen LogP) is 2.62. The van der Waals surface area contributed by atoms with Crippen LogP contribution in [0, 0.1) is 6.92 Å². The lowest BCUT2D eigenvalue weighted by Crippen LogP contribution is -1.91. The summed E-state index contributed by atoms with van der Waals surface area (Å²) in [5.74, 6) is 1.75. The van der Waals surface area contributed by atoms with E-state index in [0.717, 1.165) is 23.5 Å². The molecule has 0 amide bonds. The Morgan fingerprint density at radius 1 is 1.41 bits per heavy atom. The smallest absolute Gasteiger partial charge is 0.294 e. The van der Waals surface area contributed by atoms with Gasteiger partial charge < -0.3 is 14.5 Å². The standard InChI is InChI=1S/C13H16N2O2/c1-9-6-10(4-5-12(9)16-3)7-11-8-15-13(14-2)17-11/h4-6,8H,7H2,1-3H3,(H,14,15). The van der Waals surface area contributed by atoms with Crippen LogP contribution in [0.15, 0.2) is 28.8 Å². The van der Waals surface area contributed by atoms with Crippen LogP contribution in [0.2, 0.25) is 0 Å². The average molecular weight is 232 g/mol. The molecule has 17 heavy (non-hydrogen) atoms. The van der Waals surface area contributed by atoms with Crippen molar-refractivity contribution in [1.82, 2.24) is 4.98 Å². The molecule has 0 unspecified atom stereocenters. The zero-order valence-corrected chi connectivity index (χ0v) is 10.3. The maximum absolute atomic E-state index is 5.48. The molecule has 1 aromatic carbocycles. The van der Waals surface area contributed by atoms with Crippen molar-refractivity contribution in [2.45, 2.75) is 13.3 Å². The molecule has 1 aromatic heterocycles. The fourth-order valence-corrected chi connectivity index (χ4v) is 1.76. The summed E-state index contributed by atoms with van der Waals surface area (Å²) < 4.78 is 10.7. The summed E-state index contributed by atoms with van der Waals surface area (Å²) in [4.78, 5) is 4.08. The van der Waals surface area contributed by atoms with Crippen LogP contribution in [0.5, 0.6) is 5.75 Å². The number of ether oxygens (including phenoxy) is 1. The molecule has 0 aliphatic heterocycles. The maximum atomic E-state index is 5.48. The van der Waals surface area contributed by atoms with Gasteiger partial charge in [-0.25, -0.2) is 4.98 Å². The second-order valence-corrected chi connectivity index (χ2v) is 3.86. The highest BCUT2D eigenvalue weighted by atomic mass is 16.5. The van der Waals surface area contributed by atoms with Gasteiger partial charge in [0.05, 0.1) is 13.3 Å². The Labute approximate surface area is 101 Å². The Hall–Kier alpha value is -1.97. The van der Waals surface area contributed by atoms with Crippen LogP contribution in [-0.2, 0) is 6.42 Å². The molecule has 0 atom stereocenters. The molecule has 0 fully saturated rings. The van der Waals surface area contributed by atoms with Crippen molar-refractivity contribution in [2.24, 2.45) is 0 Å². The number of methoxy groups -OCH3 is 1. The minimum Gasteiger partial charge on any atom is -0.496 e. The van der Waals surface area contributed by atoms with Gasteiger partial charge in [-0.05, 0) is 24.1 Å². The molecule has 4 heteroatoms. The summed E-state index contributed by atoms with van der Waals surface area (Å²) in [6.07, 6.45) is 2.48. The highest BCUT2D eigenvalue weighted by molar-refractivity contribution is 5.37. The van der Waals surface area contributed by atoms with Gasteiger partial charge in [-0.2, -0.15) is 0 Å². The third-order valence-electron chi connectivity index (χ3n) is 2.61. The third kappa shape index (κ3) is 2.58. The molecule has 0 bridgehead atoms. The molecule has 0 radical (unpaired) electrons. The SMILES string of the molecule is CNc1ncc(Cc2ccc(OC)c(C)c2)o1. The van der Waals surface area contributed by atoms with Gasteiger partial charge in [0, 0.05) is 13.5 Å². The van der Waals surface area contributed by atoms with E-state index in [2.05, 4.69) is 16.4 Å². The second-order valence-electron chi connectivity index (χ2n) is 3.86. The van der Waals surface area contributed by atoms with Crippen LogP contribution in [0.25, 0.3) is 0 Å². The molecule has 1 heterocycles. The monoisotopic (exact) mass is 232 g/mol. The molecular formula is C13H16N2O2. The second kappa shape index (κ2) is 4.91. The van der Waals surface area contributed by atoms with E-state index >= 15 is 0 Å². The number of hydrogen-bond acceptors (Lipinski definition) is 4. The molecule has 1 N–H and O–H groups in total. The predicted molar refractivity (Wildman–Crippen MR) is 66.6 cm³/mol. The van der Waals surface area contributed by atoms with Crippen LogP contribution in [0.4, 0.5) is 6.01 Å². The van der Waals surface area contributed by atoms with E-state index in [9.17, 15) is 0 Å². The average Bonchev–Trinajstić information content (AvgIpc) is 2.77. The number of aromatic nitrogens is 1. The lowest BCUT2D eigenvalue weighted by atomic mass is 10.1. The van der Waals surface area contributed by atoms with Gasteiger partial charge in [-0.15, -0.1) is 0 Å². The van der Waals surface area contributed by atoms with Crippen molar-refractivity contribution in [1.29, 1.82) is 0 Å². The first-order valence-corrected chi connectivity index (χ1v) is 5.49. The molecule has 2 rings (SSSR count). The third-order valence-corrected chi connectivity index (χ3v) is 2.61. The molecule has 0 saturated carbocycles. The number of oxazole rings is 1. The fraction of sp³-hybridized carbons (Fsp3) is 0.308. The summed E-state index contributed by atoms with van der Waals surface area (Å²) in [7, 11) is 3.46. The van der Waals surface area contributed by atoms with Crippen molar-refractivity contribution in [2.75, 3.05) is 19.5 Å². The van der Waals surface area contributed by atoms with Crippen molar-refractivity contribution in [3.63, 3.8) is 0 Å². The van der Waals surface area contributed by atoms with Crippen molar-refractivity contribution >= 4 is 6.01 Å². The van der Waals surface area contributed by atoms with Gasteiger partial charge in [0.2, 0.25) is 0 Å². The topological polar surface area (TPSA) is 47.3 Å². The van der Waals surface area contributed by atoms with Crippen LogP contribution in [0.3, 0.4) is 0 Å². The van der Waals surface area contributed by atoms with Crippen molar-refractivity contribution in [3.05, 3.63) is 41.3 Å². The normalized spacial score (nSPS) is 10.3. The lowest BCUT2D eigenvalue weighted by Gasteiger charge is -2.06. The Kier molecular flexibility index (Phi) is 3.32. The first-order chi connectivity index (χ1) is 8.22. The van der Waals surface area contributed by atoms with Gasteiger partial charge in [0.15, 0.2) is 0 Å². The Morgan fingerprint density at radius 2 is 2.24 bits per heavy atom. The number of benzene rings is 1. The number of hydrogen-bond donors (Lipinski definition) is 1. The number of anilines is 1. The summed E-state index contributed by atoms with van der Waals surface area (Å²) in [5, 5.41) is 2.86. The molecule has 0 aliphatic carbocycles. The molecule has 4 nitrogen and oxygen atoms in total. The molecule has 0 spiro atoms. The van der Waals surface area contributed by atoms with Crippen molar-refractivity contribution < 1.29 is 9.15 Å². The van der Waals surface area contributed by atoms with E-state index in [0.29, 0.717) is 6.01 Å². The Balaban J connectivity index is 2.15. The molecular weight excluding hydrogens is 216 g/mol. The van der Waals surface area contributed by atoms with E-state index < -0.39 is 0 Å². The van der Waals surface area contributed by atoms with Crippen LogP contribution in [0.1, 0.15) is 16.9 Å². The molecule has 0 saturated heterocycles. The van der Waals surface area contributed by atoms with E-state index in [1.807, 2.05) is 19.1 Å². The molecule has 90 valence electrons. The first kappa shape index (κ1) is 11.5. The van der Waals surface area contributed by atoms with Crippen LogP contribution in [-0.4, -0.2) is 19.1 Å². The summed E-state index contributed by atoms with van der Waals surface area (Å²) in [5.41, 5.74) is 2.31. The first-order valence-electron chi connectivity index (χ1n) is 5.49. The number of aryl methyl sites for hydroxylation is 1. The molecule has 2 aromatic rings. The Morgan fingerprint density at radius 3 is 2.82 bits per heavy atom. The van der Waals surface area contributed by atoms with E-state index in [1.165, 1.54) is 5.56 Å². The Bertz CT molecular complexity index is 506. The van der Waals surface area contributed by atoms with E-state index in [4.69, 9.17) is 9.15 Å². The number of nitrogens with one attached hydrogen (secondary N) is 1. The minimum atomic E-state index is 0.547. The zero-order valence-electron chi connectivity index (χ0n) is 10.3. The summed E-state index contributed by atoms with van der Waals surface area (Å²) in [6.45, 7) is 2.03. The quantitative estimate of drug-likeness (QED) is 0.880. The van der Waals surface area contributed by atoms with E-state index in [1.54, 1.807) is 20.4 Å². The summed E-state index contributed by atoms with van der Waals surface area (Å²) >= 11 is 0. The van der Waals surface area contributed by atoms with Crippen LogP contribution >= 0.6 is 0 Å². The number of rotatable bonds is 4. The van der Waals surface area contributed by atoms with E-state index in [-0.39, 0.29) is 0 Å². The van der Waals surface area contributed by atoms with Gasteiger partial charge in [-0.3, -0.25) is 0 Å². The van der Waals surface area contributed by atoms with Gasteiger partial charge >= 0.3 is 0 Å². The molecule has 0 aliphatic rings. The highest BCUT2D eigenvalue weighted by Gasteiger charge is 2.05. The van der Waals surface area contributed by atoms with Gasteiger partial charge in [0.25, 0.3) is 6.01 Å². The largest absolute Gasteiger partial charge is 0.496 e. The minimum absolute atomic E-state index is 0.547. The maximum Gasteiger partial charge on any atom is 0.294 e. The highest BCUT2D eigenvalue weighted by Crippen LogP contribution is 2.21. The van der Waals surface area contributed by atoms with Crippen molar-refractivity contribution in [3.8, 4) is 5.75 Å². The zero-order chi connectivity index (χ0) is 12.3. The lowest BCUT2D eigenvalue weighted by molar-refractivity contribution is 0.411. The number of nitrogens with zero attached hydrogens (tertiary/aromatic N) is 1. The summed E-state index contributed by atoms with van der Waals surface area (Å²) in [6, 6.07) is 6.65.